The molecule has 4 unspecified atom stereocenters. The van der Waals surface area contributed by atoms with Crippen molar-refractivity contribution >= 4 is 35.6 Å². The Bertz CT molecular complexity index is 830. The van der Waals surface area contributed by atoms with E-state index < -0.39 is 60.2 Å². The van der Waals surface area contributed by atoms with Gasteiger partial charge in [0.1, 0.15) is 18.1 Å². The van der Waals surface area contributed by atoms with E-state index in [0.29, 0.717) is 38.6 Å². The molecule has 0 aromatic carbocycles. The van der Waals surface area contributed by atoms with Crippen LogP contribution in [0.5, 0.6) is 0 Å². The van der Waals surface area contributed by atoms with Gasteiger partial charge in [-0.2, -0.15) is 0 Å². The standard InChI is InChI=1S/C22H39N7O7/c1-12(2)11-15(28-18(32)13(23)5-3-9-26-22(24)25)20(34)29-10-4-6-16(29)19(33)27-14(21(35)36)7-8-17(30)31/h12-16H,3-11,23H2,1-2H3,(H,27,33)(H,28,32)(H,30,31)(H,35,36)(H4,24,25,26). The van der Waals surface area contributed by atoms with Crippen LogP contribution in [0.15, 0.2) is 4.99 Å². The molecular weight excluding hydrogens is 474 g/mol. The first kappa shape index (κ1) is 30.6. The first-order chi connectivity index (χ1) is 16.8. The lowest BCUT2D eigenvalue weighted by Gasteiger charge is -2.30. The molecule has 0 aromatic heterocycles. The minimum atomic E-state index is -1.39. The van der Waals surface area contributed by atoms with Gasteiger partial charge in [0.2, 0.25) is 17.7 Å². The van der Waals surface area contributed by atoms with Crippen molar-refractivity contribution in [3.63, 3.8) is 0 Å². The lowest BCUT2D eigenvalue weighted by atomic mass is 10.0. The monoisotopic (exact) mass is 513 g/mol. The molecule has 0 aromatic rings. The highest BCUT2D eigenvalue weighted by atomic mass is 16.4. The van der Waals surface area contributed by atoms with Crippen molar-refractivity contribution in [1.29, 1.82) is 0 Å². The van der Waals surface area contributed by atoms with E-state index in [4.69, 9.17) is 22.3 Å². The quantitative estimate of drug-likeness (QED) is 0.0744. The molecule has 1 rings (SSSR count). The third kappa shape index (κ3) is 10.5. The lowest BCUT2D eigenvalue weighted by Crippen LogP contribution is -2.57. The molecule has 14 heteroatoms. The Morgan fingerprint density at radius 1 is 1.06 bits per heavy atom. The molecule has 36 heavy (non-hydrogen) atoms. The fourth-order valence-corrected chi connectivity index (χ4v) is 3.92. The highest BCUT2D eigenvalue weighted by Crippen LogP contribution is 2.21. The highest BCUT2D eigenvalue weighted by molar-refractivity contribution is 5.94. The van der Waals surface area contributed by atoms with Gasteiger partial charge >= 0.3 is 11.9 Å². The van der Waals surface area contributed by atoms with Crippen molar-refractivity contribution in [2.75, 3.05) is 13.1 Å². The summed E-state index contributed by atoms with van der Waals surface area (Å²) in [6, 6.07) is -4.12. The maximum absolute atomic E-state index is 13.4. The van der Waals surface area contributed by atoms with E-state index in [1.165, 1.54) is 4.90 Å². The molecule has 10 N–H and O–H groups in total. The fraction of sp³-hybridized carbons (Fsp3) is 0.727. The maximum atomic E-state index is 13.4. The van der Waals surface area contributed by atoms with E-state index >= 15 is 0 Å². The summed E-state index contributed by atoms with van der Waals surface area (Å²) in [6.07, 6.45) is 1.19. The Morgan fingerprint density at radius 2 is 1.72 bits per heavy atom. The van der Waals surface area contributed by atoms with E-state index in [9.17, 15) is 29.1 Å². The van der Waals surface area contributed by atoms with Gasteiger partial charge in [0.05, 0.1) is 6.04 Å². The predicted molar refractivity (Wildman–Crippen MR) is 130 cm³/mol. The molecule has 4 atom stereocenters. The summed E-state index contributed by atoms with van der Waals surface area (Å²) in [6.45, 7) is 4.34. The number of carboxylic acid groups (broad SMARTS) is 2. The van der Waals surface area contributed by atoms with Gasteiger partial charge in [0.15, 0.2) is 5.96 Å². The number of aliphatic imine (C=N–C) groups is 1. The molecule has 0 aliphatic carbocycles. The van der Waals surface area contributed by atoms with Gasteiger partial charge in [-0.1, -0.05) is 13.8 Å². The minimum Gasteiger partial charge on any atom is -0.481 e. The summed E-state index contributed by atoms with van der Waals surface area (Å²) in [5.41, 5.74) is 16.5. The van der Waals surface area contributed by atoms with E-state index in [1.807, 2.05) is 13.8 Å². The molecule has 204 valence electrons. The summed E-state index contributed by atoms with van der Waals surface area (Å²) < 4.78 is 0. The van der Waals surface area contributed by atoms with Gasteiger partial charge in [0.25, 0.3) is 0 Å². The zero-order chi connectivity index (χ0) is 27.4. The Balaban J connectivity index is 2.87. The number of nitrogens with zero attached hydrogens (tertiary/aromatic N) is 2. The molecule has 0 radical (unpaired) electrons. The zero-order valence-corrected chi connectivity index (χ0v) is 20.8. The molecule has 3 amide bonds. The van der Waals surface area contributed by atoms with Crippen LogP contribution in [-0.2, 0) is 24.0 Å². The van der Waals surface area contributed by atoms with Crippen LogP contribution >= 0.6 is 0 Å². The van der Waals surface area contributed by atoms with Crippen LogP contribution in [0.2, 0.25) is 0 Å². The molecule has 0 spiro atoms. The second kappa shape index (κ2) is 14.9. The Morgan fingerprint density at radius 3 is 2.28 bits per heavy atom. The summed E-state index contributed by atoms with van der Waals surface area (Å²) in [7, 11) is 0. The number of likely N-dealkylation sites (tertiary alicyclic amines) is 1. The third-order valence-corrected chi connectivity index (χ3v) is 5.73. The topological polar surface area (TPSA) is 244 Å². The first-order valence-electron chi connectivity index (χ1n) is 12.0. The van der Waals surface area contributed by atoms with E-state index in [2.05, 4.69) is 15.6 Å². The van der Waals surface area contributed by atoms with Gasteiger partial charge in [0, 0.05) is 19.5 Å². The number of carbonyl (C=O) groups is 5. The van der Waals surface area contributed by atoms with Crippen LogP contribution in [0.25, 0.3) is 0 Å². The molecule has 0 bridgehead atoms. The summed E-state index contributed by atoms with van der Waals surface area (Å²) in [5, 5.41) is 23.2. The zero-order valence-electron chi connectivity index (χ0n) is 20.8. The number of hydrogen-bond donors (Lipinski definition) is 7. The number of amides is 3. The Labute approximate surface area is 210 Å². The van der Waals surface area contributed by atoms with Crippen molar-refractivity contribution in [2.45, 2.75) is 83.0 Å². The summed E-state index contributed by atoms with van der Waals surface area (Å²) in [5.74, 6) is -4.21. The fourth-order valence-electron chi connectivity index (χ4n) is 3.92. The Kier molecular flexibility index (Phi) is 12.6. The van der Waals surface area contributed by atoms with Crippen LogP contribution < -0.4 is 27.8 Å². The second-order valence-corrected chi connectivity index (χ2v) is 9.27. The SMILES string of the molecule is CC(C)CC(NC(=O)C(N)CCCN=C(N)N)C(=O)N1CCCC1C(=O)NC(CCC(=O)O)C(=O)O. The number of guanidine groups is 1. The normalized spacial score (nSPS) is 17.7. The van der Waals surface area contributed by atoms with Crippen LogP contribution in [0.3, 0.4) is 0 Å². The average molecular weight is 514 g/mol. The number of nitrogens with one attached hydrogen (secondary N) is 2. The smallest absolute Gasteiger partial charge is 0.326 e. The highest BCUT2D eigenvalue weighted by Gasteiger charge is 2.39. The van der Waals surface area contributed by atoms with Gasteiger partial charge in [-0.15, -0.1) is 0 Å². The second-order valence-electron chi connectivity index (χ2n) is 9.27. The van der Waals surface area contributed by atoms with E-state index in [-0.39, 0.29) is 24.8 Å². The minimum absolute atomic E-state index is 0.0413. The largest absolute Gasteiger partial charge is 0.481 e. The number of rotatable bonds is 15. The Hall–Kier alpha value is -3.42. The number of carboxylic acids is 2. The van der Waals surface area contributed by atoms with Crippen LogP contribution in [0.1, 0.15) is 58.8 Å². The van der Waals surface area contributed by atoms with Crippen molar-refractivity contribution < 1.29 is 34.2 Å². The predicted octanol–water partition coefficient (Wildman–Crippen LogP) is -1.68. The number of nitrogens with two attached hydrogens (primary N) is 3. The van der Waals surface area contributed by atoms with Crippen molar-refractivity contribution in [3.05, 3.63) is 0 Å². The molecule has 14 nitrogen and oxygen atoms in total. The molecule has 1 aliphatic rings. The van der Waals surface area contributed by atoms with Crippen molar-refractivity contribution in [2.24, 2.45) is 28.1 Å². The molecule has 1 heterocycles. The van der Waals surface area contributed by atoms with Gasteiger partial charge in [-0.3, -0.25) is 24.2 Å². The first-order valence-corrected chi connectivity index (χ1v) is 12.0. The molecule has 1 saturated heterocycles. The molecular formula is C22H39N7O7. The average Bonchev–Trinajstić information content (AvgIpc) is 3.27. The molecule has 1 fully saturated rings. The third-order valence-electron chi connectivity index (χ3n) is 5.73. The number of carbonyl (C=O) groups excluding carboxylic acids is 3. The summed E-state index contributed by atoms with van der Waals surface area (Å²) >= 11 is 0. The van der Waals surface area contributed by atoms with Crippen molar-refractivity contribution in [1.82, 2.24) is 15.5 Å². The van der Waals surface area contributed by atoms with Gasteiger partial charge < -0.3 is 42.9 Å². The van der Waals surface area contributed by atoms with Crippen LogP contribution in [0.4, 0.5) is 0 Å². The maximum Gasteiger partial charge on any atom is 0.326 e. The molecule has 0 saturated carbocycles. The molecule has 1 aliphatic heterocycles. The number of aliphatic carboxylic acids is 2. The van der Waals surface area contributed by atoms with Gasteiger partial charge in [-0.05, 0) is 44.4 Å². The van der Waals surface area contributed by atoms with Crippen LogP contribution in [0, 0.1) is 5.92 Å². The number of hydrogen-bond acceptors (Lipinski definition) is 7. The van der Waals surface area contributed by atoms with Crippen molar-refractivity contribution in [3.8, 4) is 0 Å². The lowest BCUT2D eigenvalue weighted by molar-refractivity contribution is -0.145. The van der Waals surface area contributed by atoms with E-state index in [0.717, 1.165) is 0 Å². The summed E-state index contributed by atoms with van der Waals surface area (Å²) in [4.78, 5) is 66.3. The van der Waals surface area contributed by atoms with E-state index in [1.54, 1.807) is 0 Å². The van der Waals surface area contributed by atoms with Gasteiger partial charge in [-0.25, -0.2) is 4.79 Å². The van der Waals surface area contributed by atoms with Crippen LogP contribution in [-0.4, -0.2) is 88.0 Å².